The molecule has 4 heteroatoms. The molecule has 0 aliphatic heterocycles. The van der Waals surface area contributed by atoms with Crippen molar-refractivity contribution in [3.8, 4) is 0 Å². The van der Waals surface area contributed by atoms with Crippen LogP contribution in [0.2, 0.25) is 0 Å². The molecule has 0 bridgehead atoms. The zero-order valence-electron chi connectivity index (χ0n) is 2.12. The molecule has 0 aromatic heterocycles. The Hall–Kier alpha value is 2.82. The Balaban J connectivity index is 0. The van der Waals surface area contributed by atoms with E-state index in [1.807, 2.05) is 0 Å². The van der Waals surface area contributed by atoms with Crippen molar-refractivity contribution in [1.29, 1.82) is 0 Å². The van der Waals surface area contributed by atoms with E-state index in [0.29, 0.717) is 0 Å². The molecular weight excluding hydrogens is 563 g/mol. The zero-order valence-corrected chi connectivity index (χ0v) is 17.2. The monoisotopic (exact) mass is 576 g/mol. The second-order valence-electron chi connectivity index (χ2n) is 0. The molecule has 0 unspecified atom stereocenters. The van der Waals surface area contributed by atoms with E-state index in [4.69, 9.17) is 0 Å². The van der Waals surface area contributed by atoms with Crippen molar-refractivity contribution in [2.75, 3.05) is 0 Å². The van der Waals surface area contributed by atoms with Gasteiger partial charge < -0.3 is 0 Å². The van der Waals surface area contributed by atoms with Crippen molar-refractivity contribution >= 4 is 88.4 Å². The van der Waals surface area contributed by atoms with Crippen LogP contribution in [0.3, 0.4) is 0 Å². The van der Waals surface area contributed by atoms with Crippen molar-refractivity contribution < 1.29 is 0 Å². The first-order valence-corrected chi connectivity index (χ1v) is 0. The van der Waals surface area contributed by atoms with Crippen LogP contribution in [-0.2, 0) is 0 Å². The Morgan fingerprint density at radius 1 is 1.00 bits per heavy atom. The first-order chi connectivity index (χ1) is 0. The average Bonchev–Trinajstić information content (AvgIpc) is 0. The Morgan fingerprint density at radius 2 is 1.00 bits per heavy atom. The summed E-state index contributed by atoms with van der Waals surface area (Å²) in [6.07, 6.45) is 0. The summed E-state index contributed by atoms with van der Waals surface area (Å²) in [5, 5.41) is 0. The molecule has 0 aromatic rings. The van der Waals surface area contributed by atoms with Crippen LogP contribution in [0, 0.1) is 0 Å². The fourth-order valence-corrected chi connectivity index (χ4v) is 0. The van der Waals surface area contributed by atoms with E-state index < -0.39 is 0 Å². The van der Waals surface area contributed by atoms with Gasteiger partial charge in [-0.3, -0.25) is 0 Å². The maximum absolute atomic E-state index is 0. The van der Waals surface area contributed by atoms with Crippen molar-refractivity contribution in [2.24, 2.45) is 0 Å². The van der Waals surface area contributed by atoms with E-state index in [9.17, 15) is 0 Å². The first-order valence-electron chi connectivity index (χ1n) is 0. The average molecular weight is 574 g/mol. The zero-order chi connectivity index (χ0) is 0. The maximum atomic E-state index is 0. The predicted molar refractivity (Wildman–Crippen MR) is 38.4 cm³/mol. The third-order valence-corrected chi connectivity index (χ3v) is 0. The van der Waals surface area contributed by atoms with Crippen LogP contribution in [0.4, 0.5) is 0 Å². The van der Waals surface area contributed by atoms with Crippen molar-refractivity contribution in [3.05, 3.63) is 0 Å². The molecular formula is H11BiPbSiSn. The normalized spacial score (nSPS) is 0. The van der Waals surface area contributed by atoms with Crippen molar-refractivity contribution in [2.45, 2.75) is 0 Å². The van der Waals surface area contributed by atoms with Crippen molar-refractivity contribution in [3.63, 3.8) is 0 Å². The number of hydrogen-bond acceptors (Lipinski definition) is 0. The molecule has 0 spiro atoms. The van der Waals surface area contributed by atoms with Crippen LogP contribution in [0.1, 0.15) is 0 Å². The summed E-state index contributed by atoms with van der Waals surface area (Å²) in [5.74, 6) is 0. The minimum absolute atomic E-state index is 0. The third kappa shape index (κ3) is 8.84. The Labute approximate surface area is 86.8 Å². The molecule has 0 saturated heterocycles. The molecule has 0 N–H and O–H groups in total. The Bertz CT molecular complexity index is 8.00. The van der Waals surface area contributed by atoms with Gasteiger partial charge in [-0.15, -0.1) is 0 Å². The molecule has 28 valence electrons. The number of hydrogen-bond donors (Lipinski definition) is 0. The van der Waals surface area contributed by atoms with E-state index in [2.05, 4.69) is 0 Å². The minimum atomic E-state index is 0. The van der Waals surface area contributed by atoms with Crippen LogP contribution in [-0.4, -0.2) is 88.4 Å². The molecule has 0 aliphatic rings. The quantitative estimate of drug-likeness (QED) is 0.257. The van der Waals surface area contributed by atoms with Gasteiger partial charge in [0.05, 0.1) is 0 Å². The van der Waals surface area contributed by atoms with Gasteiger partial charge >= 0.3 is 77.4 Å². The van der Waals surface area contributed by atoms with Gasteiger partial charge in [-0.05, 0) is 11.0 Å². The van der Waals surface area contributed by atoms with Gasteiger partial charge in [-0.25, -0.2) is 0 Å². The molecule has 0 nitrogen and oxygen atoms in total. The van der Waals surface area contributed by atoms with Crippen LogP contribution < -0.4 is 0 Å². The summed E-state index contributed by atoms with van der Waals surface area (Å²) in [7, 11) is 0. The molecule has 0 saturated carbocycles. The summed E-state index contributed by atoms with van der Waals surface area (Å²) in [6.45, 7) is 0. The SMILES string of the molecule is [BiH3].[PbH2].[SiH4].[SnH2]. The second-order valence-corrected chi connectivity index (χ2v) is 0. The molecule has 0 aliphatic carbocycles. The van der Waals surface area contributed by atoms with Gasteiger partial charge in [0.2, 0.25) is 0 Å². The van der Waals surface area contributed by atoms with Crippen molar-refractivity contribution in [1.82, 2.24) is 0 Å². The van der Waals surface area contributed by atoms with Crippen LogP contribution in [0.5, 0.6) is 0 Å². The van der Waals surface area contributed by atoms with E-state index >= 15 is 0 Å². The molecule has 0 rings (SSSR count). The molecule has 0 atom stereocenters. The van der Waals surface area contributed by atoms with E-state index in [0.717, 1.165) is 0 Å². The fourth-order valence-electron chi connectivity index (χ4n) is 0. The Kier molecular flexibility index (Phi) is 123. The van der Waals surface area contributed by atoms with Gasteiger partial charge in [0.15, 0.2) is 0 Å². The van der Waals surface area contributed by atoms with E-state index in [1.165, 1.54) is 0 Å². The molecule has 0 heterocycles. The summed E-state index contributed by atoms with van der Waals surface area (Å²) >= 11 is 0. The van der Waals surface area contributed by atoms with E-state index in [1.54, 1.807) is 0 Å². The van der Waals surface area contributed by atoms with Gasteiger partial charge in [-0.2, -0.15) is 0 Å². The van der Waals surface area contributed by atoms with Crippen LogP contribution in [0.25, 0.3) is 0 Å². The summed E-state index contributed by atoms with van der Waals surface area (Å²) < 4.78 is 0. The molecule has 4 heavy (non-hydrogen) atoms. The molecule has 0 fully saturated rings. The molecule has 0 aromatic carbocycles. The fraction of sp³-hybridized carbons (Fsp3) is 0. The number of rotatable bonds is 0. The van der Waals surface area contributed by atoms with Crippen LogP contribution in [0.15, 0.2) is 0 Å². The molecule has 0 amide bonds. The molecule has 4 radical (unpaired) electrons. The second kappa shape index (κ2) is 17.0. The first kappa shape index (κ1) is 29.0. The van der Waals surface area contributed by atoms with Gasteiger partial charge in [-0.1, -0.05) is 0 Å². The van der Waals surface area contributed by atoms with Gasteiger partial charge in [0.25, 0.3) is 0 Å². The van der Waals surface area contributed by atoms with Gasteiger partial charge in [0.1, 0.15) is 0 Å². The standard InChI is InChI=1S/Bi.Pb.H4Si.Sn.7H/h;;1H4;;;;;;;;. The Morgan fingerprint density at radius 3 is 1.00 bits per heavy atom. The van der Waals surface area contributed by atoms with Crippen LogP contribution >= 0.6 is 0 Å². The summed E-state index contributed by atoms with van der Waals surface area (Å²) in [4.78, 5) is 0. The summed E-state index contributed by atoms with van der Waals surface area (Å²) in [5.41, 5.74) is 0. The van der Waals surface area contributed by atoms with E-state index in [-0.39, 0.29) is 88.4 Å². The predicted octanol–water partition coefficient (Wildman–Crippen LogP) is -4.47. The third-order valence-electron chi connectivity index (χ3n) is 0. The topological polar surface area (TPSA) is 0 Å². The van der Waals surface area contributed by atoms with Gasteiger partial charge in [0, 0.05) is 0 Å². The summed E-state index contributed by atoms with van der Waals surface area (Å²) in [6, 6.07) is 0.